The minimum atomic E-state index is 0.317. The first-order valence-electron chi connectivity index (χ1n) is 9.97. The summed E-state index contributed by atoms with van der Waals surface area (Å²) < 4.78 is 0. The second-order valence-electron chi connectivity index (χ2n) is 9.03. The average Bonchev–Trinajstić information content (AvgIpc) is 3.04. The van der Waals surface area contributed by atoms with Crippen LogP contribution in [0, 0.1) is 17.8 Å². The number of aromatic hydroxyl groups is 1. The number of rotatable bonds is 2. The molecule has 1 heterocycles. The Bertz CT molecular complexity index is 934. The minimum Gasteiger partial charge on any atom is -0.507 e. The topological polar surface area (TPSA) is 48.9 Å². The smallest absolute Gasteiger partial charge is 0.142 e. The molecule has 0 radical (unpaired) electrons. The summed E-state index contributed by atoms with van der Waals surface area (Å²) in [5.41, 5.74) is 4.56. The highest BCUT2D eigenvalue weighted by molar-refractivity contribution is 5.80. The maximum atomic E-state index is 10.5. The van der Waals surface area contributed by atoms with E-state index in [1.807, 2.05) is 30.3 Å². The van der Waals surface area contributed by atoms with Gasteiger partial charge in [0.05, 0.1) is 16.6 Å². The van der Waals surface area contributed by atoms with Gasteiger partial charge in [-0.2, -0.15) is 0 Å². The highest BCUT2D eigenvalue weighted by Crippen LogP contribution is 2.61. The van der Waals surface area contributed by atoms with Crippen LogP contribution in [0.3, 0.4) is 0 Å². The van der Waals surface area contributed by atoms with E-state index in [4.69, 9.17) is 4.98 Å². The fourth-order valence-electron chi connectivity index (χ4n) is 6.60. The van der Waals surface area contributed by atoms with Crippen molar-refractivity contribution < 1.29 is 5.11 Å². The summed E-state index contributed by atoms with van der Waals surface area (Å²) >= 11 is 0. The molecule has 26 heavy (non-hydrogen) atoms. The molecule has 4 bridgehead atoms. The molecule has 3 heteroatoms. The van der Waals surface area contributed by atoms with E-state index < -0.39 is 0 Å². The van der Waals surface area contributed by atoms with Crippen molar-refractivity contribution >= 4 is 11.0 Å². The summed E-state index contributed by atoms with van der Waals surface area (Å²) in [5.74, 6) is 3.85. The van der Waals surface area contributed by atoms with Crippen LogP contribution in [-0.4, -0.2) is 15.1 Å². The number of phenolic OH excluding ortho intramolecular Hbond substituents is 1. The molecule has 0 unspecified atom stereocenters. The van der Waals surface area contributed by atoms with Crippen LogP contribution in [0.15, 0.2) is 42.5 Å². The fourth-order valence-corrected chi connectivity index (χ4v) is 6.60. The third-order valence-electron chi connectivity index (χ3n) is 7.29. The number of nitrogens with zero attached hydrogens (tertiary/aromatic N) is 1. The maximum absolute atomic E-state index is 10.5. The van der Waals surface area contributed by atoms with Crippen molar-refractivity contribution in [1.29, 1.82) is 0 Å². The molecular formula is C23H24N2O. The number of aromatic amines is 1. The second-order valence-corrected chi connectivity index (χ2v) is 9.03. The number of nitrogens with one attached hydrogen (secondary N) is 1. The number of fused-ring (bicyclic) bond motifs is 1. The van der Waals surface area contributed by atoms with Crippen molar-refractivity contribution in [3.05, 3.63) is 48.0 Å². The molecule has 7 rings (SSSR count). The zero-order valence-corrected chi connectivity index (χ0v) is 14.9. The predicted molar refractivity (Wildman–Crippen MR) is 103 cm³/mol. The van der Waals surface area contributed by atoms with E-state index >= 15 is 0 Å². The van der Waals surface area contributed by atoms with Crippen molar-refractivity contribution in [2.24, 2.45) is 17.8 Å². The Labute approximate surface area is 153 Å². The Morgan fingerprint density at radius 3 is 2.31 bits per heavy atom. The van der Waals surface area contributed by atoms with Gasteiger partial charge >= 0.3 is 0 Å². The van der Waals surface area contributed by atoms with E-state index in [0.717, 1.165) is 40.2 Å². The second kappa shape index (κ2) is 5.12. The van der Waals surface area contributed by atoms with Crippen LogP contribution < -0.4 is 0 Å². The molecule has 3 nitrogen and oxygen atoms in total. The van der Waals surface area contributed by atoms with E-state index in [-0.39, 0.29) is 0 Å². The molecule has 4 aliphatic rings. The number of imidazole rings is 1. The molecule has 0 atom stereocenters. The number of para-hydroxylation sites is 2. The lowest BCUT2D eigenvalue weighted by molar-refractivity contribution is -0.00518. The van der Waals surface area contributed by atoms with E-state index in [1.54, 1.807) is 0 Å². The Morgan fingerprint density at radius 2 is 1.62 bits per heavy atom. The summed E-state index contributed by atoms with van der Waals surface area (Å²) in [5, 5.41) is 10.5. The van der Waals surface area contributed by atoms with Gasteiger partial charge in [0.2, 0.25) is 0 Å². The highest BCUT2D eigenvalue weighted by atomic mass is 16.3. The maximum Gasteiger partial charge on any atom is 0.142 e. The lowest BCUT2D eigenvalue weighted by atomic mass is 9.48. The first-order valence-corrected chi connectivity index (χ1v) is 9.97. The van der Waals surface area contributed by atoms with Crippen LogP contribution in [-0.2, 0) is 5.41 Å². The van der Waals surface area contributed by atoms with Crippen molar-refractivity contribution in [1.82, 2.24) is 9.97 Å². The van der Waals surface area contributed by atoms with Gasteiger partial charge in [-0.3, -0.25) is 0 Å². The quantitative estimate of drug-likeness (QED) is 0.653. The van der Waals surface area contributed by atoms with Crippen LogP contribution in [0.4, 0.5) is 0 Å². The number of H-pyrrole nitrogens is 1. The van der Waals surface area contributed by atoms with Crippen molar-refractivity contribution in [3.63, 3.8) is 0 Å². The summed E-state index contributed by atoms with van der Waals surface area (Å²) in [4.78, 5) is 8.10. The summed E-state index contributed by atoms with van der Waals surface area (Å²) in [7, 11) is 0. The van der Waals surface area contributed by atoms with Crippen LogP contribution in [0.2, 0.25) is 0 Å². The van der Waals surface area contributed by atoms with Gasteiger partial charge in [-0.15, -0.1) is 0 Å². The van der Waals surface area contributed by atoms with Crippen LogP contribution in [0.5, 0.6) is 5.75 Å². The van der Waals surface area contributed by atoms with Gasteiger partial charge in [0.1, 0.15) is 11.6 Å². The fraction of sp³-hybridized carbons (Fsp3) is 0.435. The van der Waals surface area contributed by atoms with Gasteiger partial charge < -0.3 is 10.1 Å². The van der Waals surface area contributed by atoms with Crippen LogP contribution in [0.1, 0.15) is 44.1 Å². The molecule has 4 saturated carbocycles. The first-order chi connectivity index (χ1) is 12.7. The number of phenols is 1. The van der Waals surface area contributed by atoms with E-state index in [9.17, 15) is 5.11 Å². The van der Waals surface area contributed by atoms with Gasteiger partial charge in [-0.1, -0.05) is 18.2 Å². The van der Waals surface area contributed by atoms with Gasteiger partial charge in [-0.05, 0) is 91.5 Å². The molecule has 4 aliphatic carbocycles. The van der Waals surface area contributed by atoms with Gasteiger partial charge in [0, 0.05) is 0 Å². The summed E-state index contributed by atoms with van der Waals surface area (Å²) in [6.45, 7) is 0. The van der Waals surface area contributed by atoms with E-state index in [2.05, 4.69) is 17.1 Å². The number of hydrogen-bond acceptors (Lipinski definition) is 2. The van der Waals surface area contributed by atoms with Crippen LogP contribution in [0.25, 0.3) is 22.4 Å². The molecule has 2 aromatic carbocycles. The van der Waals surface area contributed by atoms with Crippen molar-refractivity contribution in [2.45, 2.75) is 43.9 Å². The van der Waals surface area contributed by atoms with Gasteiger partial charge in [0.25, 0.3) is 0 Å². The predicted octanol–water partition coefficient (Wildman–Crippen LogP) is 5.40. The Hall–Kier alpha value is -2.29. The SMILES string of the molecule is Oc1ccc(C23CC4CC(CC(C4)C2)C3)cc1-c1nc2ccccc2[nH]1. The van der Waals surface area contributed by atoms with E-state index in [1.165, 1.54) is 44.1 Å². The number of aromatic nitrogens is 2. The highest BCUT2D eigenvalue weighted by Gasteiger charge is 2.51. The average molecular weight is 344 g/mol. The molecule has 2 N–H and O–H groups in total. The molecule has 3 aromatic rings. The standard InChI is InChI=1S/C23H24N2O/c26-21-6-5-17(23-11-14-7-15(12-23)9-16(8-14)13-23)10-18(21)22-24-19-3-1-2-4-20(19)25-22/h1-6,10,14-16,26H,7-9,11-13H2,(H,24,25). The number of benzene rings is 2. The molecule has 4 fully saturated rings. The largest absolute Gasteiger partial charge is 0.507 e. The molecule has 0 amide bonds. The van der Waals surface area contributed by atoms with Crippen LogP contribution >= 0.6 is 0 Å². The summed E-state index contributed by atoms with van der Waals surface area (Å²) in [6, 6.07) is 14.3. The lowest BCUT2D eigenvalue weighted by Gasteiger charge is -2.57. The number of hydrogen-bond donors (Lipinski definition) is 2. The lowest BCUT2D eigenvalue weighted by Crippen LogP contribution is -2.48. The third kappa shape index (κ3) is 2.09. The Balaban J connectivity index is 1.46. The Morgan fingerprint density at radius 1 is 0.923 bits per heavy atom. The molecule has 1 aromatic heterocycles. The zero-order valence-electron chi connectivity index (χ0n) is 14.9. The molecular weight excluding hydrogens is 320 g/mol. The zero-order chi connectivity index (χ0) is 17.3. The molecule has 0 saturated heterocycles. The third-order valence-corrected chi connectivity index (χ3v) is 7.29. The summed E-state index contributed by atoms with van der Waals surface area (Å²) in [6.07, 6.45) is 8.37. The van der Waals surface area contributed by atoms with Crippen molar-refractivity contribution in [3.8, 4) is 17.1 Å². The molecule has 0 aliphatic heterocycles. The Kier molecular flexibility index (Phi) is 2.92. The molecule has 132 valence electrons. The minimum absolute atomic E-state index is 0.317. The molecule has 0 spiro atoms. The first kappa shape index (κ1) is 14.8. The van der Waals surface area contributed by atoms with Crippen molar-refractivity contribution in [2.75, 3.05) is 0 Å². The normalized spacial score (nSPS) is 32.4. The van der Waals surface area contributed by atoms with Gasteiger partial charge in [0.15, 0.2) is 0 Å². The van der Waals surface area contributed by atoms with Gasteiger partial charge in [-0.25, -0.2) is 4.98 Å². The van der Waals surface area contributed by atoms with E-state index in [0.29, 0.717) is 11.2 Å². The monoisotopic (exact) mass is 344 g/mol.